The molecule has 0 saturated heterocycles. The first kappa shape index (κ1) is 14.4. The lowest BCUT2D eigenvalue weighted by Gasteiger charge is -2.20. The number of benzene rings is 1. The van der Waals surface area contributed by atoms with Crippen molar-refractivity contribution in [3.8, 4) is 0 Å². The topological polar surface area (TPSA) is 24.9 Å². The first-order valence-corrected chi connectivity index (χ1v) is 7.35. The Morgan fingerprint density at radius 2 is 2.21 bits per heavy atom. The molecule has 2 nitrogen and oxygen atoms in total. The van der Waals surface area contributed by atoms with Crippen molar-refractivity contribution in [2.45, 2.75) is 19.4 Å². The molecule has 0 amide bonds. The zero-order chi connectivity index (χ0) is 13.7. The number of nitrogens with one attached hydrogen (secondary N) is 1. The Labute approximate surface area is 126 Å². The van der Waals surface area contributed by atoms with Gasteiger partial charge in [-0.25, -0.2) is 4.39 Å². The van der Waals surface area contributed by atoms with Crippen LogP contribution in [0.5, 0.6) is 0 Å². The minimum absolute atomic E-state index is 0.182. The molecule has 0 bridgehead atoms. The number of rotatable bonds is 5. The van der Waals surface area contributed by atoms with Crippen molar-refractivity contribution in [2.75, 3.05) is 6.54 Å². The predicted octanol–water partition coefficient (Wildman–Crippen LogP) is 3.72. The van der Waals surface area contributed by atoms with Crippen LogP contribution in [0.15, 0.2) is 42.7 Å². The molecule has 0 aliphatic rings. The minimum Gasteiger partial charge on any atom is -0.310 e. The van der Waals surface area contributed by atoms with Crippen LogP contribution in [0.4, 0.5) is 4.39 Å². The lowest BCUT2D eigenvalue weighted by Crippen LogP contribution is -2.23. The highest BCUT2D eigenvalue weighted by Crippen LogP contribution is 2.24. The van der Waals surface area contributed by atoms with Crippen molar-refractivity contribution < 1.29 is 4.39 Å². The van der Waals surface area contributed by atoms with Gasteiger partial charge >= 0.3 is 0 Å². The molecule has 1 atom stereocenters. The average molecular weight is 370 g/mol. The third-order valence-corrected chi connectivity index (χ3v) is 3.89. The molecular weight excluding hydrogens is 354 g/mol. The first-order valence-electron chi connectivity index (χ1n) is 6.28. The van der Waals surface area contributed by atoms with Gasteiger partial charge in [0.2, 0.25) is 0 Å². The van der Waals surface area contributed by atoms with Gasteiger partial charge in [-0.2, -0.15) is 0 Å². The smallest absolute Gasteiger partial charge is 0.124 e. The molecule has 0 fully saturated rings. The highest BCUT2D eigenvalue weighted by atomic mass is 127. The summed E-state index contributed by atoms with van der Waals surface area (Å²) < 4.78 is 14.1. The summed E-state index contributed by atoms with van der Waals surface area (Å²) in [5, 5.41) is 3.45. The second-order valence-corrected chi connectivity index (χ2v) is 5.50. The van der Waals surface area contributed by atoms with Gasteiger partial charge in [-0.1, -0.05) is 19.1 Å². The van der Waals surface area contributed by atoms with E-state index in [1.807, 2.05) is 18.3 Å². The van der Waals surface area contributed by atoms with E-state index in [0.29, 0.717) is 0 Å². The molecular formula is C15H16FIN2. The van der Waals surface area contributed by atoms with Crippen molar-refractivity contribution in [3.63, 3.8) is 0 Å². The van der Waals surface area contributed by atoms with E-state index in [0.717, 1.165) is 22.1 Å². The summed E-state index contributed by atoms with van der Waals surface area (Å²) in [4.78, 5) is 4.14. The van der Waals surface area contributed by atoms with Crippen LogP contribution >= 0.6 is 22.6 Å². The van der Waals surface area contributed by atoms with E-state index in [1.54, 1.807) is 12.3 Å². The van der Waals surface area contributed by atoms with Crippen LogP contribution in [0, 0.1) is 9.39 Å². The van der Waals surface area contributed by atoms with Crippen LogP contribution < -0.4 is 5.32 Å². The molecule has 0 aliphatic heterocycles. The summed E-state index contributed by atoms with van der Waals surface area (Å²) in [6.45, 7) is 2.95. The standard InChI is InChI=1S/C15H16FIN2/c1-2-19-15(8-11-4-3-7-18-10-11)13-6-5-12(16)9-14(13)17/h3-7,9-10,15,19H,2,8H2,1H3. The molecule has 100 valence electrons. The highest BCUT2D eigenvalue weighted by Gasteiger charge is 2.14. The van der Waals surface area contributed by atoms with E-state index in [-0.39, 0.29) is 11.9 Å². The second kappa shape index (κ2) is 6.96. The zero-order valence-corrected chi connectivity index (χ0v) is 12.9. The van der Waals surface area contributed by atoms with E-state index in [2.05, 4.69) is 45.9 Å². The Hall–Kier alpha value is -1.01. The fraction of sp³-hybridized carbons (Fsp3) is 0.267. The summed E-state index contributed by atoms with van der Waals surface area (Å²) in [7, 11) is 0. The van der Waals surface area contributed by atoms with Crippen molar-refractivity contribution in [3.05, 3.63) is 63.2 Å². The Bertz CT molecular complexity index is 531. The minimum atomic E-state index is -0.190. The van der Waals surface area contributed by atoms with E-state index in [1.165, 1.54) is 11.6 Å². The van der Waals surface area contributed by atoms with Gasteiger partial charge in [-0.3, -0.25) is 4.98 Å². The number of aromatic nitrogens is 1. The Morgan fingerprint density at radius 3 is 2.84 bits per heavy atom. The third kappa shape index (κ3) is 3.98. The van der Waals surface area contributed by atoms with Crippen LogP contribution in [-0.2, 0) is 6.42 Å². The monoisotopic (exact) mass is 370 g/mol. The van der Waals surface area contributed by atoms with Gasteiger partial charge in [0.25, 0.3) is 0 Å². The normalized spacial score (nSPS) is 12.4. The van der Waals surface area contributed by atoms with Gasteiger partial charge in [0.1, 0.15) is 5.82 Å². The molecule has 2 rings (SSSR count). The van der Waals surface area contributed by atoms with Crippen molar-refractivity contribution in [2.24, 2.45) is 0 Å². The van der Waals surface area contributed by atoms with E-state index in [4.69, 9.17) is 0 Å². The van der Waals surface area contributed by atoms with Crippen molar-refractivity contribution in [1.82, 2.24) is 10.3 Å². The van der Waals surface area contributed by atoms with Crippen molar-refractivity contribution in [1.29, 1.82) is 0 Å². The van der Waals surface area contributed by atoms with Crippen LogP contribution in [0.2, 0.25) is 0 Å². The van der Waals surface area contributed by atoms with Crippen LogP contribution in [0.25, 0.3) is 0 Å². The first-order chi connectivity index (χ1) is 9.20. The molecule has 1 aromatic carbocycles. The number of halogens is 2. The molecule has 2 aromatic rings. The maximum Gasteiger partial charge on any atom is 0.124 e. The highest BCUT2D eigenvalue weighted by molar-refractivity contribution is 14.1. The quantitative estimate of drug-likeness (QED) is 0.812. The van der Waals surface area contributed by atoms with Gasteiger partial charge in [0.15, 0.2) is 0 Å². The summed E-state index contributed by atoms with van der Waals surface area (Å²) >= 11 is 2.19. The van der Waals surface area contributed by atoms with E-state index < -0.39 is 0 Å². The largest absolute Gasteiger partial charge is 0.310 e. The third-order valence-electron chi connectivity index (χ3n) is 2.95. The van der Waals surface area contributed by atoms with Crippen LogP contribution in [0.3, 0.4) is 0 Å². The van der Waals surface area contributed by atoms with Crippen LogP contribution in [0.1, 0.15) is 24.1 Å². The number of nitrogens with zero attached hydrogens (tertiary/aromatic N) is 1. The summed E-state index contributed by atoms with van der Waals surface area (Å²) in [6, 6.07) is 9.14. The lowest BCUT2D eigenvalue weighted by atomic mass is 10.00. The van der Waals surface area contributed by atoms with Gasteiger partial charge in [-0.05, 0) is 64.9 Å². The molecule has 0 aliphatic carbocycles. The molecule has 1 heterocycles. The predicted molar refractivity (Wildman–Crippen MR) is 83.5 cm³/mol. The molecule has 4 heteroatoms. The van der Waals surface area contributed by atoms with Crippen LogP contribution in [-0.4, -0.2) is 11.5 Å². The van der Waals surface area contributed by atoms with Gasteiger partial charge in [-0.15, -0.1) is 0 Å². The van der Waals surface area contributed by atoms with Gasteiger partial charge < -0.3 is 5.32 Å². The van der Waals surface area contributed by atoms with E-state index in [9.17, 15) is 4.39 Å². The van der Waals surface area contributed by atoms with Gasteiger partial charge in [0.05, 0.1) is 0 Å². The molecule has 0 radical (unpaired) electrons. The zero-order valence-electron chi connectivity index (χ0n) is 10.7. The number of pyridine rings is 1. The van der Waals surface area contributed by atoms with Crippen molar-refractivity contribution >= 4 is 22.6 Å². The maximum absolute atomic E-state index is 13.2. The molecule has 1 N–H and O–H groups in total. The number of hydrogen-bond donors (Lipinski definition) is 1. The SMILES string of the molecule is CCNC(Cc1cccnc1)c1ccc(F)cc1I. The molecule has 1 unspecified atom stereocenters. The molecule has 0 saturated carbocycles. The Balaban J connectivity index is 2.24. The summed E-state index contributed by atoms with van der Waals surface area (Å²) in [5.74, 6) is -0.190. The fourth-order valence-corrected chi connectivity index (χ4v) is 2.93. The summed E-state index contributed by atoms with van der Waals surface area (Å²) in [6.07, 6.45) is 4.50. The molecule has 1 aromatic heterocycles. The van der Waals surface area contributed by atoms with Gasteiger partial charge in [0, 0.05) is 22.0 Å². The fourth-order valence-electron chi connectivity index (χ4n) is 2.08. The number of hydrogen-bond acceptors (Lipinski definition) is 2. The second-order valence-electron chi connectivity index (χ2n) is 4.34. The lowest BCUT2D eigenvalue weighted by molar-refractivity contribution is 0.544. The Kier molecular flexibility index (Phi) is 5.27. The maximum atomic E-state index is 13.2. The number of likely N-dealkylation sites (N-methyl/N-ethyl adjacent to an activating group) is 1. The summed E-state index contributed by atoms with van der Waals surface area (Å²) in [5.41, 5.74) is 2.31. The molecule has 19 heavy (non-hydrogen) atoms. The Morgan fingerprint density at radius 1 is 1.37 bits per heavy atom. The van der Waals surface area contributed by atoms with E-state index >= 15 is 0 Å². The molecule has 0 spiro atoms. The average Bonchev–Trinajstić information content (AvgIpc) is 2.39.